The molecule has 45 heteroatoms. The number of urea groups is 1. The first-order valence-corrected chi connectivity index (χ1v) is 51.6. The van der Waals surface area contributed by atoms with Crippen molar-refractivity contribution in [1.29, 1.82) is 0 Å². The minimum Gasteiger partial charge on any atom is -0.492 e. The van der Waals surface area contributed by atoms with Gasteiger partial charge in [-0.2, -0.15) is 5.48 Å². The van der Waals surface area contributed by atoms with Gasteiger partial charge < -0.3 is 139 Å². The Morgan fingerprint density at radius 3 is 2.03 bits per heavy atom. The number of rotatable bonds is 44. The number of hydrogen-bond donors (Lipinski definition) is 15. The fourth-order valence-electron chi connectivity index (χ4n) is 17.7. The Kier molecular flexibility index (Phi) is 43.0. The number of aliphatic hydroxyl groups is 6. The molecule has 4 aromatic rings. The molecule has 41 nitrogen and oxygen atoms in total. The highest BCUT2D eigenvalue weighted by Crippen LogP contribution is 2.50. The van der Waals surface area contributed by atoms with Gasteiger partial charge >= 0.3 is 24.3 Å². The number of nitrogens with zero attached hydrogens (tertiary/aromatic N) is 1. The van der Waals surface area contributed by atoms with Crippen molar-refractivity contribution in [2.45, 2.75) is 265 Å². The third-order valence-electron chi connectivity index (χ3n) is 25.3. The Hall–Kier alpha value is -9.94. The minimum atomic E-state index is -2.23. The highest BCUT2D eigenvalue weighted by molar-refractivity contribution is 14.1. The standard InChI is InChI=1S/C99H129IN10O31S3/c1-15-110(98(125)134-47-57-34-36-58(37-35-57)105-89(118)66(32-26-41-102-95(101)122)106-91(120)77(50(2)3)107-90(119)65(104-56(9)112)31-23-25-40-103-96(123)133-48-63-61-29-21-19-27-59(61)60-28-20-22-30-62(60)63)67-49-132-72(44-71(67)127-10)139-86-81(116)78(53(6)136-94(86)138-70-33-18-16-17-24-39-99(126)45-69(114)79(108-97(124)131-14)75(70)64(99)38-42-142-144-51(4)46-111)109-141-73-43-68(113)88(55(8)135-73)143-92(121)74-52(5)76(100)84(87(130-13)83(74)128-11)140-93-82(117)85(129-12)80(115)54(7)137-93/h16-17,19-22,27-30,34-38,50-51,53-55,63,65-68,70-73,77-78,80-82,85-86,88,93-94,109,111,113,115-117,126H,15,23,25-26,31-32,40-49H2,1-14H3,(H,103,123)(H,104,112)(H,105,118)(H,106,120)(H,107,119)(H,108,124)(H3,101,102,122)/b17-16?,64-38+/t51-,53-,54+,55-,65+,66+,67+,68+,70+,71+,72+,73+,77+,78-,80+,81+,82-,85-,86-,88-,93+,94+,99+/m1/s1. The number of Topliss-reactive ketones (excluding diaryl/α,β-unsaturated/α-hetero) is 1. The lowest BCUT2D eigenvalue weighted by molar-refractivity contribution is -0.337. The van der Waals surface area contributed by atoms with Crippen molar-refractivity contribution in [3.8, 4) is 52.1 Å². The van der Waals surface area contributed by atoms with E-state index < -0.39 is 205 Å². The number of allylic oxidation sites excluding steroid dienone is 3. The molecule has 4 saturated heterocycles. The molecule has 11 rings (SSSR count). The average Bonchev–Trinajstić information content (AvgIpc) is 1.62. The molecule has 0 saturated carbocycles. The molecule has 786 valence electrons. The number of likely N-dealkylation sites (N-methyl/N-ethyl adjacent to an activating group) is 1. The maximum absolute atomic E-state index is 14.7. The number of carbonyl (C=O) groups excluding carboxylic acids is 10. The van der Waals surface area contributed by atoms with E-state index in [1.54, 1.807) is 78.8 Å². The second-order valence-corrected chi connectivity index (χ2v) is 40.7. The molecule has 23 atom stereocenters. The monoisotopic (exact) mass is 2180 g/mol. The summed E-state index contributed by atoms with van der Waals surface area (Å²) < 4.78 is 85.4. The van der Waals surface area contributed by atoms with Crippen molar-refractivity contribution in [3.63, 3.8) is 0 Å². The van der Waals surface area contributed by atoms with Gasteiger partial charge in [-0.25, -0.2) is 19.2 Å². The number of hydroxylamine groups is 1. The zero-order chi connectivity index (χ0) is 105. The lowest BCUT2D eigenvalue weighted by atomic mass is 9.75. The third-order valence-corrected chi connectivity index (χ3v) is 30.7. The SMILES string of the molecule is CCN(C(=O)OCc1ccc(NC(=O)[C@H](CCCNC(N)=O)NC(=O)[C@@H](NC(=O)[C@H](CCCCNC(=O)OCC2c3ccccc3-c3ccccc32)NC(C)=O)C(C)C)cc1)[C@H]1CO[C@@H](O[C@H]2[C@H](O[C@H]3C#CC=CC#C[C@]4(O)CC(=O)C(NC(=O)OC)=C3/C4=C\CSS[C@H](C)CO)O[C@H](C)[C@@H](NO[C@H]3C[C@H](O)[C@H](SC(=O)c4c(C)c(I)c(O[C@@H]5O[C@@H](C)[C@H](O)[C@@H](OC)[C@H]5O)c(OC)c4OC)[C@@H](C)O3)[C@@H]2O)C[C@@H]1OC. The number of nitrogens with one attached hydrogen (secondary N) is 8. The van der Waals surface area contributed by atoms with Crippen LogP contribution in [0, 0.1) is 40.1 Å². The molecule has 4 fully saturated rings. The zero-order valence-electron chi connectivity index (χ0n) is 82.3. The van der Waals surface area contributed by atoms with Crippen LogP contribution in [0.1, 0.15) is 145 Å². The van der Waals surface area contributed by atoms with Crippen LogP contribution in [-0.4, -0.2) is 314 Å². The van der Waals surface area contributed by atoms with Gasteiger partial charge in [0.05, 0.1) is 104 Å². The van der Waals surface area contributed by atoms with Gasteiger partial charge in [0.1, 0.15) is 68.0 Å². The molecular formula is C99H129IN10O31S3. The molecule has 7 aliphatic rings. The molecule has 2 bridgehead atoms. The number of unbranched alkanes of at least 4 members (excludes halogenated alkanes) is 1. The van der Waals surface area contributed by atoms with Gasteiger partial charge in [0.2, 0.25) is 40.8 Å². The van der Waals surface area contributed by atoms with Crippen molar-refractivity contribution in [1.82, 2.24) is 42.3 Å². The van der Waals surface area contributed by atoms with E-state index in [0.717, 1.165) is 41.1 Å². The first-order valence-electron chi connectivity index (χ1n) is 47.3. The summed E-state index contributed by atoms with van der Waals surface area (Å²) in [6.45, 7) is 14.3. The van der Waals surface area contributed by atoms with Crippen LogP contribution < -0.4 is 62.6 Å². The first kappa shape index (κ1) is 114. The highest BCUT2D eigenvalue weighted by Gasteiger charge is 2.54. The van der Waals surface area contributed by atoms with Crippen molar-refractivity contribution in [2.75, 3.05) is 86.1 Å². The zero-order valence-corrected chi connectivity index (χ0v) is 87.0. The van der Waals surface area contributed by atoms with Crippen molar-refractivity contribution < 1.29 is 150 Å². The summed E-state index contributed by atoms with van der Waals surface area (Å²) in [6.07, 6.45) is -17.6. The van der Waals surface area contributed by atoms with E-state index >= 15 is 0 Å². The number of aliphatic hydroxyl groups excluding tert-OH is 5. The fourth-order valence-corrected chi connectivity index (χ4v) is 21.4. The molecule has 0 aromatic heterocycles. The van der Waals surface area contributed by atoms with Crippen LogP contribution >= 0.6 is 55.9 Å². The molecule has 0 unspecified atom stereocenters. The van der Waals surface area contributed by atoms with Gasteiger partial charge in [-0.05, 0) is 153 Å². The van der Waals surface area contributed by atoms with E-state index in [0.29, 0.717) is 27.5 Å². The number of methoxy groups -OCH3 is 5. The first-order chi connectivity index (χ1) is 68.9. The summed E-state index contributed by atoms with van der Waals surface area (Å²) in [5.74, 6) is 7.54. The van der Waals surface area contributed by atoms with Crippen molar-refractivity contribution in [2.24, 2.45) is 11.7 Å². The molecule has 4 aliphatic heterocycles. The average molecular weight is 2180 g/mol. The number of halogens is 1. The largest absolute Gasteiger partial charge is 0.492 e. The summed E-state index contributed by atoms with van der Waals surface area (Å²) in [4.78, 5) is 144. The molecule has 16 N–H and O–H groups in total. The van der Waals surface area contributed by atoms with Crippen LogP contribution in [0.15, 0.2) is 108 Å². The number of alkyl carbamates (subject to hydrolysis) is 2. The van der Waals surface area contributed by atoms with Gasteiger partial charge in [-0.3, -0.25) is 38.9 Å². The Balaban J connectivity index is 0.746. The quantitative estimate of drug-likeness (QED) is 0.00555. The number of thioether (sulfide) groups is 1. The van der Waals surface area contributed by atoms with Crippen molar-refractivity contribution in [3.05, 3.63) is 139 Å². The van der Waals surface area contributed by atoms with E-state index in [2.05, 4.69) is 66.4 Å². The number of fused-ring (bicyclic) bond motifs is 5. The predicted octanol–water partition coefficient (Wildman–Crippen LogP) is 6.58. The summed E-state index contributed by atoms with van der Waals surface area (Å²) >= 11 is 2.74. The number of anilines is 1. The molecule has 9 amide bonds. The summed E-state index contributed by atoms with van der Waals surface area (Å²) in [6, 6.07) is 15.8. The summed E-state index contributed by atoms with van der Waals surface area (Å²) in [5.41, 5.74) is 11.0. The predicted molar refractivity (Wildman–Crippen MR) is 537 cm³/mol. The van der Waals surface area contributed by atoms with Crippen molar-refractivity contribution >= 4 is 120 Å². The van der Waals surface area contributed by atoms with E-state index in [4.69, 9.17) is 76.9 Å². The van der Waals surface area contributed by atoms with Gasteiger partial charge in [0.15, 0.2) is 41.8 Å². The van der Waals surface area contributed by atoms with Crippen LogP contribution in [0.25, 0.3) is 11.1 Å². The minimum absolute atomic E-state index is 0.00959. The van der Waals surface area contributed by atoms with Gasteiger partial charge in [-0.15, -0.1) is 0 Å². The number of ketones is 1. The van der Waals surface area contributed by atoms with Crippen LogP contribution in [0.4, 0.5) is 24.9 Å². The highest BCUT2D eigenvalue weighted by atomic mass is 127. The Morgan fingerprint density at radius 1 is 0.715 bits per heavy atom. The molecule has 0 radical (unpaired) electrons. The lowest BCUT2D eigenvalue weighted by Crippen LogP contribution is -2.65. The number of amides is 9. The van der Waals surface area contributed by atoms with Crippen LogP contribution in [-0.2, 0) is 87.5 Å². The van der Waals surface area contributed by atoms with Gasteiger partial charge in [0.25, 0.3) is 0 Å². The van der Waals surface area contributed by atoms with E-state index in [1.807, 2.05) is 78.0 Å². The topological polar surface area (TPSA) is 556 Å². The summed E-state index contributed by atoms with van der Waals surface area (Å²) in [5, 5.41) is 86.4. The normalized spacial score (nSPS) is 26.5. The van der Waals surface area contributed by atoms with Gasteiger partial charge in [-0.1, -0.05) is 145 Å². The summed E-state index contributed by atoms with van der Waals surface area (Å²) in [7, 11) is 9.14. The molecule has 0 spiro atoms. The van der Waals surface area contributed by atoms with Crippen LogP contribution in [0.3, 0.4) is 0 Å². The van der Waals surface area contributed by atoms with Crippen LogP contribution in [0.2, 0.25) is 0 Å². The second-order valence-electron chi connectivity index (χ2n) is 35.6. The maximum atomic E-state index is 14.7. The maximum Gasteiger partial charge on any atom is 0.411 e. The molecule has 144 heavy (non-hydrogen) atoms. The number of primary amides is 1. The number of carbonyl (C=O) groups is 10. The molecular weight excluding hydrogens is 2050 g/mol. The van der Waals surface area contributed by atoms with E-state index in [9.17, 15) is 78.6 Å². The molecule has 3 aliphatic carbocycles. The fraction of sp³-hybridized carbons (Fsp3) is 0.556. The molecule has 4 heterocycles. The lowest BCUT2D eigenvalue weighted by Gasteiger charge is -2.47. The number of nitrogens with two attached hydrogens (primary N) is 1. The second kappa shape index (κ2) is 54.1. The number of benzene rings is 4. The van der Waals surface area contributed by atoms with E-state index in [-0.39, 0.29) is 140 Å². The number of hydrogen-bond acceptors (Lipinski definition) is 35. The van der Waals surface area contributed by atoms with Gasteiger partial charge in [0, 0.05) is 87.4 Å². The smallest absolute Gasteiger partial charge is 0.411 e. The Morgan fingerprint density at radius 2 is 1.39 bits per heavy atom. The van der Waals surface area contributed by atoms with Crippen LogP contribution in [0.5, 0.6) is 17.2 Å². The Labute approximate surface area is 860 Å². The third kappa shape index (κ3) is 29.1. The van der Waals surface area contributed by atoms with E-state index in [1.165, 1.54) is 74.0 Å². The Bertz CT molecular complexity index is 5350. The number of ether oxygens (including phenoxy) is 14. The molecule has 4 aromatic carbocycles.